The SMILES string of the molecule is CC/C=C\C/C=C\C/C=C\C/C=C\C/C=C\CCCC(=O)OC(/C=C/CCCCCCCCCCC)C(COP(=O)(O)OCC[N+](C)(C)C)NC(=O)CCCCCCCCC/C=C/C=C/C=C/CC. The Morgan fingerprint density at radius 1 is 0.536 bits per heavy atom. The zero-order valence-corrected chi connectivity index (χ0v) is 45.7. The molecule has 394 valence electrons. The molecule has 69 heavy (non-hydrogen) atoms. The van der Waals surface area contributed by atoms with Crippen molar-refractivity contribution in [2.75, 3.05) is 40.9 Å². The first-order valence-corrected chi connectivity index (χ1v) is 28.7. The van der Waals surface area contributed by atoms with Gasteiger partial charge >= 0.3 is 13.8 Å². The Labute approximate surface area is 423 Å². The van der Waals surface area contributed by atoms with E-state index >= 15 is 0 Å². The fourth-order valence-corrected chi connectivity index (χ4v) is 7.83. The molecule has 0 aromatic rings. The normalized spacial score (nSPS) is 14.7. The minimum absolute atomic E-state index is 0.0229. The maximum atomic E-state index is 13.5. The number of ether oxygens (including phenoxy) is 1. The fraction of sp³-hybridized carbons (Fsp3) is 0.661. The first-order valence-electron chi connectivity index (χ1n) is 27.2. The van der Waals surface area contributed by atoms with E-state index in [1.54, 1.807) is 0 Å². The number of hydrogen-bond donors (Lipinski definition) is 2. The molecular formula is C59H102N2O7P+. The van der Waals surface area contributed by atoms with E-state index in [4.69, 9.17) is 13.8 Å². The molecule has 0 saturated carbocycles. The van der Waals surface area contributed by atoms with Gasteiger partial charge < -0.3 is 19.4 Å². The van der Waals surface area contributed by atoms with Crippen molar-refractivity contribution in [2.24, 2.45) is 0 Å². The van der Waals surface area contributed by atoms with Crippen molar-refractivity contribution < 1.29 is 37.3 Å². The molecule has 1 amide bonds. The van der Waals surface area contributed by atoms with Crippen LogP contribution in [0.5, 0.6) is 0 Å². The molecule has 0 saturated heterocycles. The van der Waals surface area contributed by atoms with E-state index in [1.807, 2.05) is 33.3 Å². The highest BCUT2D eigenvalue weighted by Gasteiger charge is 2.30. The minimum Gasteiger partial charge on any atom is -0.456 e. The van der Waals surface area contributed by atoms with Gasteiger partial charge in [-0.05, 0) is 89.5 Å². The summed E-state index contributed by atoms with van der Waals surface area (Å²) in [6.07, 6.45) is 65.2. The summed E-state index contributed by atoms with van der Waals surface area (Å²) in [5.41, 5.74) is 0. The predicted molar refractivity (Wildman–Crippen MR) is 295 cm³/mol. The Morgan fingerprint density at radius 2 is 1.01 bits per heavy atom. The van der Waals surface area contributed by atoms with Gasteiger partial charge in [0.05, 0.1) is 33.8 Å². The summed E-state index contributed by atoms with van der Waals surface area (Å²) in [5, 5.41) is 3.02. The molecule has 3 unspecified atom stereocenters. The smallest absolute Gasteiger partial charge is 0.456 e. The maximum absolute atomic E-state index is 13.5. The summed E-state index contributed by atoms with van der Waals surface area (Å²) < 4.78 is 30.5. The second kappa shape index (κ2) is 48.3. The molecule has 0 aliphatic rings. The number of carbonyl (C=O) groups is 2. The third-order valence-corrected chi connectivity index (χ3v) is 12.3. The predicted octanol–water partition coefficient (Wildman–Crippen LogP) is 16.2. The van der Waals surface area contributed by atoms with Crippen molar-refractivity contribution in [3.05, 3.63) is 109 Å². The molecule has 0 aliphatic heterocycles. The van der Waals surface area contributed by atoms with Gasteiger partial charge in [0.1, 0.15) is 19.3 Å². The average Bonchev–Trinajstić information content (AvgIpc) is 3.31. The van der Waals surface area contributed by atoms with Gasteiger partial charge in [-0.3, -0.25) is 18.6 Å². The van der Waals surface area contributed by atoms with E-state index < -0.39 is 25.9 Å². The molecule has 0 radical (unpaired) electrons. The molecule has 0 spiro atoms. The zero-order valence-electron chi connectivity index (χ0n) is 44.8. The molecule has 0 aliphatic carbocycles. The van der Waals surface area contributed by atoms with E-state index in [-0.39, 0.29) is 25.5 Å². The molecule has 0 aromatic carbocycles. The van der Waals surface area contributed by atoms with Gasteiger partial charge in [0.15, 0.2) is 0 Å². The highest BCUT2D eigenvalue weighted by atomic mass is 31.2. The van der Waals surface area contributed by atoms with Crippen molar-refractivity contribution in [3.8, 4) is 0 Å². The van der Waals surface area contributed by atoms with Crippen LogP contribution < -0.4 is 5.32 Å². The van der Waals surface area contributed by atoms with Crippen LogP contribution in [0.4, 0.5) is 0 Å². The molecule has 9 nitrogen and oxygen atoms in total. The average molecular weight is 982 g/mol. The number of likely N-dealkylation sites (N-methyl/N-ethyl adjacent to an activating group) is 1. The van der Waals surface area contributed by atoms with Gasteiger partial charge in [0.2, 0.25) is 5.91 Å². The van der Waals surface area contributed by atoms with Crippen LogP contribution in [0.1, 0.15) is 201 Å². The molecule has 0 fully saturated rings. The lowest BCUT2D eigenvalue weighted by molar-refractivity contribution is -0.870. The van der Waals surface area contributed by atoms with Crippen molar-refractivity contribution in [3.63, 3.8) is 0 Å². The summed E-state index contributed by atoms with van der Waals surface area (Å²) in [6.45, 7) is 6.68. The van der Waals surface area contributed by atoms with Crippen LogP contribution in [-0.4, -0.2) is 74.3 Å². The number of nitrogens with zero attached hydrogens (tertiary/aromatic N) is 1. The van der Waals surface area contributed by atoms with Crippen LogP contribution in [0.15, 0.2) is 109 Å². The van der Waals surface area contributed by atoms with Crippen molar-refractivity contribution in [1.29, 1.82) is 0 Å². The van der Waals surface area contributed by atoms with Crippen LogP contribution in [0.3, 0.4) is 0 Å². The number of esters is 1. The van der Waals surface area contributed by atoms with Crippen LogP contribution >= 0.6 is 7.82 Å². The molecule has 0 aromatic heterocycles. The number of phosphoric acid groups is 1. The Balaban J connectivity index is 5.49. The summed E-state index contributed by atoms with van der Waals surface area (Å²) in [6, 6.07) is -0.883. The topological polar surface area (TPSA) is 111 Å². The minimum atomic E-state index is -4.46. The third kappa shape index (κ3) is 49.4. The van der Waals surface area contributed by atoms with Crippen molar-refractivity contribution in [1.82, 2.24) is 5.32 Å². The Bertz CT molecular complexity index is 1550. The molecule has 0 rings (SSSR count). The van der Waals surface area contributed by atoms with E-state index in [2.05, 4.69) is 123 Å². The largest absolute Gasteiger partial charge is 0.472 e. The van der Waals surface area contributed by atoms with E-state index in [0.717, 1.165) is 96.3 Å². The van der Waals surface area contributed by atoms with Crippen LogP contribution in [0.2, 0.25) is 0 Å². The highest BCUT2D eigenvalue weighted by molar-refractivity contribution is 7.47. The lowest BCUT2D eigenvalue weighted by Crippen LogP contribution is -2.47. The van der Waals surface area contributed by atoms with Crippen molar-refractivity contribution in [2.45, 2.75) is 213 Å². The fourth-order valence-electron chi connectivity index (χ4n) is 7.09. The number of nitrogens with one attached hydrogen (secondary N) is 1. The van der Waals surface area contributed by atoms with Crippen LogP contribution in [-0.2, 0) is 27.9 Å². The Kier molecular flexibility index (Phi) is 46.0. The lowest BCUT2D eigenvalue weighted by atomic mass is 10.1. The van der Waals surface area contributed by atoms with E-state index in [9.17, 15) is 19.0 Å². The number of hydrogen-bond acceptors (Lipinski definition) is 6. The Morgan fingerprint density at radius 3 is 1.57 bits per heavy atom. The molecule has 3 atom stereocenters. The number of amides is 1. The van der Waals surface area contributed by atoms with Gasteiger partial charge in [-0.25, -0.2) is 4.57 Å². The van der Waals surface area contributed by atoms with Crippen molar-refractivity contribution >= 4 is 19.7 Å². The molecule has 10 heteroatoms. The summed E-state index contributed by atoms with van der Waals surface area (Å²) in [4.78, 5) is 37.5. The first-order chi connectivity index (χ1) is 33.4. The second-order valence-corrected chi connectivity index (χ2v) is 20.5. The molecule has 2 N–H and O–H groups in total. The molecule has 0 bridgehead atoms. The summed E-state index contributed by atoms with van der Waals surface area (Å²) >= 11 is 0. The number of rotatable bonds is 47. The quantitative estimate of drug-likeness (QED) is 0.0156. The summed E-state index contributed by atoms with van der Waals surface area (Å²) in [7, 11) is 1.44. The van der Waals surface area contributed by atoms with Gasteiger partial charge in [0.25, 0.3) is 0 Å². The van der Waals surface area contributed by atoms with Crippen LogP contribution in [0.25, 0.3) is 0 Å². The number of carbonyl (C=O) groups excluding carboxylic acids is 2. The Hall–Kier alpha value is -3.33. The third-order valence-electron chi connectivity index (χ3n) is 11.3. The number of phosphoric ester groups is 1. The molecule has 0 heterocycles. The standard InChI is InChI=1S/C59H101N2O7P/c1-7-10-13-16-19-22-25-27-29-30-32-34-37-40-43-46-49-52-59(63)68-57(50-47-44-41-38-35-24-21-18-15-12-9-3)56(55-67-69(64,65)66-54-53-61(4,5)6)60-58(62)51-48-45-42-39-36-33-31-28-26-23-20-17-14-11-8-2/h10-11,13-14,17,19-20,22-23,26-27,29,32,34,40,43,47,50,56-57H,7-9,12,15-16,18,21,24-25,28,30-31,33,35-39,41-42,44-46,48-49,51-55H2,1-6H3,(H-,60,62,64,65)/p+1/b13-10-,14-11+,20-17+,22-19-,26-23+,29-27-,34-32-,43-40-,50-47+. The number of unbranched alkanes of at least 4 members (excludes halogenated alkanes) is 17. The summed E-state index contributed by atoms with van der Waals surface area (Å²) in [5.74, 6) is -0.599. The second-order valence-electron chi connectivity index (χ2n) is 19.0. The van der Waals surface area contributed by atoms with E-state index in [0.29, 0.717) is 23.9 Å². The van der Waals surface area contributed by atoms with Gasteiger partial charge in [0, 0.05) is 12.8 Å². The maximum Gasteiger partial charge on any atom is 0.472 e. The van der Waals surface area contributed by atoms with Gasteiger partial charge in [-0.1, -0.05) is 208 Å². The van der Waals surface area contributed by atoms with Gasteiger partial charge in [-0.2, -0.15) is 0 Å². The highest BCUT2D eigenvalue weighted by Crippen LogP contribution is 2.43. The lowest BCUT2D eigenvalue weighted by Gasteiger charge is -2.27. The van der Waals surface area contributed by atoms with Gasteiger partial charge in [-0.15, -0.1) is 0 Å². The molecular weight excluding hydrogens is 880 g/mol. The number of allylic oxidation sites excluding steroid dienone is 17. The zero-order chi connectivity index (χ0) is 50.8. The number of quaternary nitrogens is 1. The van der Waals surface area contributed by atoms with Crippen LogP contribution in [0, 0.1) is 0 Å². The van der Waals surface area contributed by atoms with E-state index in [1.165, 1.54) is 64.2 Å². The first kappa shape index (κ1) is 65.7. The monoisotopic (exact) mass is 982 g/mol.